The highest BCUT2D eigenvalue weighted by Crippen LogP contribution is 2.34. The lowest BCUT2D eigenvalue weighted by atomic mass is 10.00. The van der Waals surface area contributed by atoms with E-state index in [1.54, 1.807) is 17.0 Å². The first-order valence-electron chi connectivity index (χ1n) is 15.2. The number of hydrogen-bond acceptors (Lipinski definition) is 9. The first-order valence-corrected chi connectivity index (χ1v) is 15.6. The van der Waals surface area contributed by atoms with E-state index in [1.807, 2.05) is 66.7 Å². The van der Waals surface area contributed by atoms with Gasteiger partial charge in [0.05, 0.1) is 12.4 Å². The van der Waals surface area contributed by atoms with Crippen LogP contribution in [0.15, 0.2) is 91.5 Å². The van der Waals surface area contributed by atoms with Crippen LogP contribution in [0.5, 0.6) is 0 Å². The first-order chi connectivity index (χ1) is 22.8. The van der Waals surface area contributed by atoms with Crippen LogP contribution in [0.2, 0.25) is 5.02 Å². The molecule has 2 aliphatic rings. The maximum Gasteiger partial charge on any atom is 0.327 e. The van der Waals surface area contributed by atoms with Crippen molar-refractivity contribution < 1.29 is 24.5 Å². The van der Waals surface area contributed by atoms with Gasteiger partial charge in [0, 0.05) is 24.5 Å². The second-order valence-electron chi connectivity index (χ2n) is 11.7. The molecular formula is C34H32ClN7O5. The fourth-order valence-electron chi connectivity index (χ4n) is 6.26. The molecule has 5 aromatic rings. The summed E-state index contributed by atoms with van der Waals surface area (Å²) in [5, 5.41) is 22.4. The quantitative estimate of drug-likeness (QED) is 0.201. The Labute approximate surface area is 275 Å². The van der Waals surface area contributed by atoms with E-state index in [2.05, 4.69) is 15.0 Å². The fraction of sp³-hybridized carbons (Fsp3) is 0.265. The van der Waals surface area contributed by atoms with Crippen LogP contribution in [0, 0.1) is 0 Å². The van der Waals surface area contributed by atoms with E-state index in [9.17, 15) is 19.8 Å². The number of carbonyl (C=O) groups is 2. The summed E-state index contributed by atoms with van der Waals surface area (Å²) in [6.45, 7) is 0.201. The van der Waals surface area contributed by atoms with Crippen LogP contribution in [-0.4, -0.2) is 82.4 Å². The van der Waals surface area contributed by atoms with Crippen LogP contribution in [0.1, 0.15) is 23.8 Å². The predicted molar refractivity (Wildman–Crippen MR) is 174 cm³/mol. The van der Waals surface area contributed by atoms with E-state index < -0.39 is 36.6 Å². The van der Waals surface area contributed by atoms with Crippen LogP contribution >= 0.6 is 11.6 Å². The number of nitrogen functional groups attached to an aromatic ring is 1. The minimum atomic E-state index is -1.31. The van der Waals surface area contributed by atoms with Gasteiger partial charge in [-0.2, -0.15) is 0 Å². The second-order valence-corrected chi connectivity index (χ2v) is 12.2. The maximum atomic E-state index is 13.9. The monoisotopic (exact) mass is 653 g/mol. The zero-order chi connectivity index (χ0) is 32.7. The molecule has 2 unspecified atom stereocenters. The second kappa shape index (κ2) is 12.7. The number of nitrogens with two attached hydrogens (primary N) is 1. The number of nitrogens with zero attached hydrogens (tertiary/aromatic N) is 6. The molecule has 7 rings (SSSR count). The smallest absolute Gasteiger partial charge is 0.327 e. The van der Waals surface area contributed by atoms with Gasteiger partial charge in [0.25, 0.3) is 5.91 Å². The van der Waals surface area contributed by atoms with Crippen molar-refractivity contribution in [2.45, 2.75) is 50.0 Å². The minimum absolute atomic E-state index is 0.0147. The van der Waals surface area contributed by atoms with Gasteiger partial charge < -0.3 is 25.6 Å². The summed E-state index contributed by atoms with van der Waals surface area (Å²) in [5.41, 5.74) is 10.5. The van der Waals surface area contributed by atoms with Gasteiger partial charge in [0.2, 0.25) is 0 Å². The number of aromatic nitrogens is 4. The zero-order valence-corrected chi connectivity index (χ0v) is 25.9. The van der Waals surface area contributed by atoms with Crippen LogP contribution in [0.25, 0.3) is 22.3 Å². The zero-order valence-electron chi connectivity index (χ0n) is 25.1. The van der Waals surface area contributed by atoms with Crippen molar-refractivity contribution in [1.82, 2.24) is 29.3 Å². The molecule has 2 aromatic heterocycles. The summed E-state index contributed by atoms with van der Waals surface area (Å²) in [6, 6.07) is 24.0. The minimum Gasteiger partial charge on any atom is -0.388 e. The number of aliphatic hydroxyl groups is 2. The lowest BCUT2D eigenvalue weighted by Crippen LogP contribution is -2.37. The van der Waals surface area contributed by atoms with Crippen molar-refractivity contribution in [2.75, 3.05) is 12.3 Å². The standard InChI is InChI=1S/C34H32ClN7O5/c35-24-12-8-21(9-13-24)17-41-25(16-20-6-10-23(11-7-20)22-4-2-1-3-5-22)32(45)40(34(41)46)15-14-26-28(43)29(44)33(47-26)42-19-39-27-30(36)37-18-38-31(27)42/h1-13,18-19,25-26,28-29,33,43-44H,14-17H2,(H2,36,37,38)/t25?,26-,28-,29?,33-/m1/s1. The van der Waals surface area contributed by atoms with Crippen molar-refractivity contribution in [3.05, 3.63) is 108 Å². The molecule has 2 aliphatic heterocycles. The molecule has 0 spiro atoms. The average molecular weight is 654 g/mol. The van der Waals surface area contributed by atoms with Crippen LogP contribution in [0.3, 0.4) is 0 Å². The predicted octanol–water partition coefficient (Wildman–Crippen LogP) is 3.81. The third-order valence-corrected chi connectivity index (χ3v) is 9.05. The Hall–Kier alpha value is -4.88. The number of urea groups is 1. The summed E-state index contributed by atoms with van der Waals surface area (Å²) < 4.78 is 7.55. The number of anilines is 1. The molecule has 3 amide bonds. The van der Waals surface area contributed by atoms with Crippen molar-refractivity contribution in [2.24, 2.45) is 0 Å². The largest absolute Gasteiger partial charge is 0.388 e. The fourth-order valence-corrected chi connectivity index (χ4v) is 6.39. The molecule has 240 valence electrons. The molecule has 0 radical (unpaired) electrons. The van der Waals surface area contributed by atoms with Crippen LogP contribution in [0.4, 0.5) is 10.6 Å². The molecule has 3 aromatic carbocycles. The van der Waals surface area contributed by atoms with Crippen molar-refractivity contribution in [3.63, 3.8) is 0 Å². The number of imide groups is 1. The van der Waals surface area contributed by atoms with E-state index >= 15 is 0 Å². The third-order valence-electron chi connectivity index (χ3n) is 8.80. The molecule has 12 nitrogen and oxygen atoms in total. The number of rotatable bonds is 9. The maximum absolute atomic E-state index is 13.9. The highest BCUT2D eigenvalue weighted by atomic mass is 35.5. The van der Waals surface area contributed by atoms with Gasteiger partial charge in [-0.3, -0.25) is 14.3 Å². The first kappa shape index (κ1) is 30.8. The van der Waals surface area contributed by atoms with Crippen molar-refractivity contribution >= 4 is 40.5 Å². The summed E-state index contributed by atoms with van der Waals surface area (Å²) in [5.74, 6) is -0.164. The number of carbonyl (C=O) groups excluding carboxylic acids is 2. The van der Waals surface area contributed by atoms with Gasteiger partial charge in [-0.1, -0.05) is 78.3 Å². The van der Waals surface area contributed by atoms with Gasteiger partial charge in [0.1, 0.15) is 30.1 Å². The molecule has 0 aliphatic carbocycles. The molecule has 0 bridgehead atoms. The van der Waals surface area contributed by atoms with E-state index in [1.165, 1.54) is 22.1 Å². The lowest BCUT2D eigenvalue weighted by Gasteiger charge is -2.22. The Kier molecular flexibility index (Phi) is 8.33. The molecule has 13 heteroatoms. The number of amides is 3. The normalized spacial score (nSPS) is 22.9. The summed E-state index contributed by atoms with van der Waals surface area (Å²) in [7, 11) is 0. The summed E-state index contributed by atoms with van der Waals surface area (Å²) >= 11 is 6.09. The van der Waals surface area contributed by atoms with Crippen molar-refractivity contribution in [1.29, 1.82) is 0 Å². The number of hydrogen-bond donors (Lipinski definition) is 3. The Bertz CT molecular complexity index is 1900. The number of ether oxygens (including phenoxy) is 1. The average Bonchev–Trinajstić information content (AvgIpc) is 3.71. The van der Waals surface area contributed by atoms with Gasteiger partial charge in [-0.05, 0) is 40.8 Å². The van der Waals surface area contributed by atoms with Crippen LogP contribution in [-0.2, 0) is 22.5 Å². The molecule has 47 heavy (non-hydrogen) atoms. The highest BCUT2D eigenvalue weighted by Gasteiger charge is 2.48. The third kappa shape index (κ3) is 5.92. The highest BCUT2D eigenvalue weighted by molar-refractivity contribution is 6.30. The Morgan fingerprint density at radius 1 is 0.851 bits per heavy atom. The number of fused-ring (bicyclic) bond motifs is 1. The van der Waals surface area contributed by atoms with Crippen LogP contribution < -0.4 is 5.73 Å². The Balaban J connectivity index is 1.09. The SMILES string of the molecule is Nc1ncnc2c1ncn2[C@@H]1O[C@H](CCN2C(=O)C(Cc3ccc(-c4ccccc4)cc3)N(Cc3ccc(Cl)cc3)C2=O)[C@@H](O)C1O. The van der Waals surface area contributed by atoms with E-state index in [4.69, 9.17) is 22.1 Å². The van der Waals surface area contributed by atoms with Gasteiger partial charge >= 0.3 is 6.03 Å². The summed E-state index contributed by atoms with van der Waals surface area (Å²) in [4.78, 5) is 42.8. The number of aliphatic hydroxyl groups excluding tert-OH is 2. The Morgan fingerprint density at radius 2 is 1.55 bits per heavy atom. The topological polar surface area (TPSA) is 160 Å². The van der Waals surface area contributed by atoms with Gasteiger partial charge in [-0.15, -0.1) is 0 Å². The number of halogens is 1. The molecule has 0 saturated carbocycles. The molecule has 2 fully saturated rings. The van der Waals surface area contributed by atoms with Gasteiger partial charge in [-0.25, -0.2) is 19.7 Å². The van der Waals surface area contributed by atoms with E-state index in [0.29, 0.717) is 22.6 Å². The molecular weight excluding hydrogens is 622 g/mol. The molecule has 4 heterocycles. The van der Waals surface area contributed by atoms with E-state index in [0.717, 1.165) is 22.3 Å². The molecule has 4 N–H and O–H groups in total. The van der Waals surface area contributed by atoms with Crippen molar-refractivity contribution in [3.8, 4) is 11.1 Å². The lowest BCUT2D eigenvalue weighted by molar-refractivity contribution is -0.128. The number of imidazole rings is 1. The Morgan fingerprint density at radius 3 is 2.30 bits per heavy atom. The number of benzene rings is 3. The molecule has 2 saturated heterocycles. The van der Waals surface area contributed by atoms with E-state index in [-0.39, 0.29) is 31.2 Å². The molecule has 5 atom stereocenters. The van der Waals surface area contributed by atoms with Gasteiger partial charge in [0.15, 0.2) is 17.7 Å². The summed E-state index contributed by atoms with van der Waals surface area (Å²) in [6.07, 6.45) is -1.36.